The summed E-state index contributed by atoms with van der Waals surface area (Å²) in [6.45, 7) is 0.537. The van der Waals surface area contributed by atoms with Crippen molar-refractivity contribution in [2.75, 3.05) is 0 Å². The van der Waals surface area contributed by atoms with Crippen molar-refractivity contribution in [1.29, 1.82) is 0 Å². The summed E-state index contributed by atoms with van der Waals surface area (Å²) in [7, 11) is 0. The Kier molecular flexibility index (Phi) is 3.80. The van der Waals surface area contributed by atoms with Crippen LogP contribution in [0.15, 0.2) is 24.3 Å². The fraction of sp³-hybridized carbons (Fsp3) is 0.538. The van der Waals surface area contributed by atoms with E-state index in [0.29, 0.717) is 6.61 Å². The Morgan fingerprint density at radius 1 is 1.19 bits per heavy atom. The molecule has 0 saturated heterocycles. The molecule has 1 aliphatic carbocycles. The summed E-state index contributed by atoms with van der Waals surface area (Å²) in [6, 6.07) is 7.13. The second-order valence-electron chi connectivity index (χ2n) is 4.41. The van der Waals surface area contributed by atoms with Crippen LogP contribution in [0, 0.1) is 0 Å². The summed E-state index contributed by atoms with van der Waals surface area (Å²) in [6.07, 6.45) is 3.65. The first-order valence-corrected chi connectivity index (χ1v) is 5.81. The van der Waals surface area contributed by atoms with Crippen molar-refractivity contribution in [3.8, 4) is 5.75 Å². The van der Waals surface area contributed by atoms with Gasteiger partial charge in [-0.2, -0.15) is 0 Å². The Bertz CT molecular complexity index is 330. The molecule has 0 radical (unpaired) electrons. The summed E-state index contributed by atoms with van der Waals surface area (Å²) in [4.78, 5) is 0. The van der Waals surface area contributed by atoms with Crippen molar-refractivity contribution in [1.82, 2.24) is 0 Å². The quantitative estimate of drug-likeness (QED) is 0.824. The van der Waals surface area contributed by atoms with E-state index >= 15 is 0 Å². The normalized spacial score (nSPS) is 25.6. The van der Waals surface area contributed by atoms with Crippen molar-refractivity contribution in [2.24, 2.45) is 0 Å². The molecule has 1 aromatic rings. The molecule has 0 unspecified atom stereocenters. The van der Waals surface area contributed by atoms with E-state index in [1.807, 2.05) is 12.1 Å². The summed E-state index contributed by atoms with van der Waals surface area (Å²) in [5, 5.41) is 18.7. The van der Waals surface area contributed by atoms with E-state index in [2.05, 4.69) is 0 Å². The van der Waals surface area contributed by atoms with Crippen molar-refractivity contribution in [2.45, 2.75) is 44.5 Å². The van der Waals surface area contributed by atoms with Gasteiger partial charge in [0.25, 0.3) is 0 Å². The molecule has 3 heteroatoms. The third-order valence-corrected chi connectivity index (χ3v) is 3.04. The number of phenolic OH excluding ortho intramolecular Hbond substituents is 1. The molecule has 1 fully saturated rings. The smallest absolute Gasteiger partial charge is 0.115 e. The van der Waals surface area contributed by atoms with E-state index in [1.165, 1.54) is 0 Å². The number of ether oxygens (including phenoxy) is 1. The van der Waals surface area contributed by atoms with E-state index in [-0.39, 0.29) is 18.0 Å². The molecule has 2 N–H and O–H groups in total. The Balaban J connectivity index is 1.79. The molecule has 1 aromatic carbocycles. The standard InChI is InChI=1S/C13H18O3/c14-11-4-6-13(7-5-11)16-9-10-2-1-3-12(15)8-10/h1-3,8,11,13-15H,4-7,9H2. The van der Waals surface area contributed by atoms with Gasteiger partial charge in [0, 0.05) is 0 Å². The molecule has 0 aromatic heterocycles. The first kappa shape index (κ1) is 11.4. The van der Waals surface area contributed by atoms with Crippen LogP contribution in [0.2, 0.25) is 0 Å². The largest absolute Gasteiger partial charge is 0.508 e. The number of phenols is 1. The van der Waals surface area contributed by atoms with E-state index in [1.54, 1.807) is 12.1 Å². The highest BCUT2D eigenvalue weighted by atomic mass is 16.5. The lowest BCUT2D eigenvalue weighted by atomic mass is 9.95. The summed E-state index contributed by atoms with van der Waals surface area (Å²) < 4.78 is 5.75. The molecule has 16 heavy (non-hydrogen) atoms. The maximum Gasteiger partial charge on any atom is 0.115 e. The molecular formula is C13H18O3. The number of rotatable bonds is 3. The fourth-order valence-corrected chi connectivity index (χ4v) is 2.07. The Labute approximate surface area is 95.7 Å². The van der Waals surface area contributed by atoms with Crippen molar-refractivity contribution < 1.29 is 14.9 Å². The topological polar surface area (TPSA) is 49.7 Å². The second-order valence-corrected chi connectivity index (χ2v) is 4.41. The minimum Gasteiger partial charge on any atom is -0.508 e. The van der Waals surface area contributed by atoms with Gasteiger partial charge >= 0.3 is 0 Å². The maximum atomic E-state index is 9.36. The molecule has 0 atom stereocenters. The number of aliphatic hydroxyl groups excluding tert-OH is 1. The zero-order valence-electron chi connectivity index (χ0n) is 9.30. The molecule has 1 saturated carbocycles. The molecule has 0 amide bonds. The molecule has 0 aliphatic heterocycles. The lowest BCUT2D eigenvalue weighted by Crippen LogP contribution is -2.24. The van der Waals surface area contributed by atoms with E-state index in [9.17, 15) is 10.2 Å². The number of hydrogen-bond donors (Lipinski definition) is 2. The van der Waals surface area contributed by atoms with Crippen molar-refractivity contribution in [3.63, 3.8) is 0 Å². The average molecular weight is 222 g/mol. The van der Waals surface area contributed by atoms with Crippen LogP contribution in [-0.4, -0.2) is 22.4 Å². The zero-order valence-corrected chi connectivity index (χ0v) is 9.30. The van der Waals surface area contributed by atoms with Crippen molar-refractivity contribution >= 4 is 0 Å². The first-order valence-electron chi connectivity index (χ1n) is 5.81. The highest BCUT2D eigenvalue weighted by Gasteiger charge is 2.19. The van der Waals surface area contributed by atoms with Gasteiger partial charge < -0.3 is 14.9 Å². The monoisotopic (exact) mass is 222 g/mol. The highest BCUT2D eigenvalue weighted by molar-refractivity contribution is 5.26. The summed E-state index contributed by atoms with van der Waals surface area (Å²) in [5.41, 5.74) is 0.992. The molecule has 0 spiro atoms. The summed E-state index contributed by atoms with van der Waals surface area (Å²) >= 11 is 0. The van der Waals surface area contributed by atoms with Gasteiger partial charge in [0.05, 0.1) is 18.8 Å². The Morgan fingerprint density at radius 3 is 2.62 bits per heavy atom. The minimum absolute atomic E-state index is 0.138. The third kappa shape index (κ3) is 3.22. The van der Waals surface area contributed by atoms with E-state index < -0.39 is 0 Å². The van der Waals surface area contributed by atoms with Gasteiger partial charge in [-0.25, -0.2) is 0 Å². The first-order chi connectivity index (χ1) is 7.74. The van der Waals surface area contributed by atoms with Crippen LogP contribution in [0.5, 0.6) is 5.75 Å². The molecule has 2 rings (SSSR count). The third-order valence-electron chi connectivity index (χ3n) is 3.04. The Morgan fingerprint density at radius 2 is 1.94 bits per heavy atom. The number of aromatic hydroxyl groups is 1. The van der Waals surface area contributed by atoms with Crippen molar-refractivity contribution in [3.05, 3.63) is 29.8 Å². The Hall–Kier alpha value is -1.06. The van der Waals surface area contributed by atoms with Crippen LogP contribution in [-0.2, 0) is 11.3 Å². The van der Waals surface area contributed by atoms with Gasteiger partial charge in [0.2, 0.25) is 0 Å². The number of aliphatic hydroxyl groups is 1. The highest BCUT2D eigenvalue weighted by Crippen LogP contribution is 2.22. The molecular weight excluding hydrogens is 204 g/mol. The minimum atomic E-state index is -0.138. The molecule has 88 valence electrons. The molecule has 1 aliphatic rings. The molecule has 0 heterocycles. The fourth-order valence-electron chi connectivity index (χ4n) is 2.07. The lowest BCUT2D eigenvalue weighted by molar-refractivity contribution is -0.0119. The molecule has 0 bridgehead atoms. The van der Waals surface area contributed by atoms with Crippen LogP contribution in [0.25, 0.3) is 0 Å². The van der Waals surface area contributed by atoms with Gasteiger partial charge in [-0.15, -0.1) is 0 Å². The second kappa shape index (κ2) is 5.32. The van der Waals surface area contributed by atoms with E-state index in [0.717, 1.165) is 31.2 Å². The van der Waals surface area contributed by atoms with Crippen LogP contribution < -0.4 is 0 Å². The van der Waals surface area contributed by atoms with Gasteiger partial charge in [-0.3, -0.25) is 0 Å². The van der Waals surface area contributed by atoms with Gasteiger partial charge in [0.15, 0.2) is 0 Å². The van der Waals surface area contributed by atoms with Crippen LogP contribution >= 0.6 is 0 Å². The number of benzene rings is 1. The predicted octanol–water partition coefficient (Wildman–Crippen LogP) is 2.21. The van der Waals surface area contributed by atoms with Crippen LogP contribution in [0.1, 0.15) is 31.2 Å². The predicted molar refractivity (Wildman–Crippen MR) is 61.2 cm³/mol. The van der Waals surface area contributed by atoms with Gasteiger partial charge in [0.1, 0.15) is 5.75 Å². The van der Waals surface area contributed by atoms with Gasteiger partial charge in [-0.1, -0.05) is 12.1 Å². The van der Waals surface area contributed by atoms with E-state index in [4.69, 9.17) is 4.74 Å². The van der Waals surface area contributed by atoms with Crippen LogP contribution in [0.4, 0.5) is 0 Å². The number of hydrogen-bond acceptors (Lipinski definition) is 3. The molecule has 3 nitrogen and oxygen atoms in total. The van der Waals surface area contributed by atoms with Gasteiger partial charge in [-0.05, 0) is 43.4 Å². The summed E-state index contributed by atoms with van der Waals surface area (Å²) in [5.74, 6) is 0.278. The zero-order chi connectivity index (χ0) is 11.4. The maximum absolute atomic E-state index is 9.36. The average Bonchev–Trinajstić information content (AvgIpc) is 2.28. The van der Waals surface area contributed by atoms with Crippen LogP contribution in [0.3, 0.4) is 0 Å². The SMILES string of the molecule is Oc1cccc(COC2CCC(O)CC2)c1. The lowest BCUT2D eigenvalue weighted by Gasteiger charge is -2.25.